The lowest BCUT2D eigenvalue weighted by atomic mass is 9.88. The molecule has 1 fully saturated rings. The Balaban J connectivity index is 1.43. The summed E-state index contributed by atoms with van der Waals surface area (Å²) in [6, 6.07) is 10.3. The van der Waals surface area contributed by atoms with E-state index in [4.69, 9.17) is 9.47 Å². The maximum atomic E-state index is 12.7. The van der Waals surface area contributed by atoms with Gasteiger partial charge in [-0.3, -0.25) is 9.59 Å². The van der Waals surface area contributed by atoms with Gasteiger partial charge < -0.3 is 14.4 Å². The van der Waals surface area contributed by atoms with Crippen molar-refractivity contribution in [1.29, 1.82) is 0 Å². The normalized spacial score (nSPS) is 17.6. The van der Waals surface area contributed by atoms with Crippen LogP contribution < -0.4 is 0 Å². The number of esters is 2. The molecule has 1 heterocycles. The van der Waals surface area contributed by atoms with E-state index in [0.29, 0.717) is 25.7 Å². The highest BCUT2D eigenvalue weighted by molar-refractivity contribution is 5.72. The average Bonchev–Trinajstić information content (AvgIpc) is 2.97. The molecule has 0 radical (unpaired) electrons. The largest absolute Gasteiger partial charge is 0.465 e. The van der Waals surface area contributed by atoms with Crippen LogP contribution in [0.15, 0.2) is 30.3 Å². The third kappa shape index (κ3) is 16.4. The number of benzene rings is 1. The van der Waals surface area contributed by atoms with Gasteiger partial charge in [0.05, 0.1) is 12.5 Å². The minimum Gasteiger partial charge on any atom is -0.465 e. The van der Waals surface area contributed by atoms with Crippen LogP contribution in [0.1, 0.15) is 141 Å². The Morgan fingerprint density at radius 3 is 2.05 bits per heavy atom. The zero-order valence-electron chi connectivity index (χ0n) is 25.9. The smallest absolute Gasteiger partial charge is 0.309 e. The molecule has 2 atom stereocenters. The zero-order chi connectivity index (χ0) is 28.7. The fraction of sp³-hybridized carbons (Fsp3) is 0.771. The van der Waals surface area contributed by atoms with Crippen molar-refractivity contribution in [3.05, 3.63) is 35.9 Å². The van der Waals surface area contributed by atoms with E-state index in [0.717, 1.165) is 50.6 Å². The fourth-order valence-electron chi connectivity index (χ4n) is 5.77. The van der Waals surface area contributed by atoms with Gasteiger partial charge in [-0.05, 0) is 51.3 Å². The van der Waals surface area contributed by atoms with Crippen LogP contribution in [0.2, 0.25) is 0 Å². The molecule has 2 unspecified atom stereocenters. The lowest BCUT2D eigenvalue weighted by Gasteiger charge is -2.36. The van der Waals surface area contributed by atoms with E-state index >= 15 is 0 Å². The van der Waals surface area contributed by atoms with E-state index in [-0.39, 0.29) is 17.9 Å². The predicted octanol–water partition coefficient (Wildman–Crippen LogP) is 9.03. The van der Waals surface area contributed by atoms with Gasteiger partial charge in [-0.1, -0.05) is 127 Å². The first kappa shape index (κ1) is 34.3. The Morgan fingerprint density at radius 1 is 0.775 bits per heavy atom. The van der Waals surface area contributed by atoms with Crippen LogP contribution >= 0.6 is 0 Å². The molecule has 5 nitrogen and oxygen atoms in total. The number of likely N-dealkylation sites (tertiary alicyclic amines) is 1. The van der Waals surface area contributed by atoms with Gasteiger partial charge in [-0.15, -0.1) is 0 Å². The standard InChI is InChI=1S/C35H59NO4/c1-3-4-5-6-7-8-9-12-15-21-28-39-35(38)32-26-27-36(2)33(29-32)24-19-13-10-11-14-20-25-34(37)40-30-31-22-17-16-18-23-31/h16-18,22-23,32-33H,3-15,19-21,24-30H2,1-2H3. The van der Waals surface area contributed by atoms with Gasteiger partial charge >= 0.3 is 11.9 Å². The molecular formula is C35H59NO4. The molecular weight excluding hydrogens is 498 g/mol. The first-order chi connectivity index (χ1) is 19.6. The summed E-state index contributed by atoms with van der Waals surface area (Å²) in [5.41, 5.74) is 1.03. The van der Waals surface area contributed by atoms with Crippen LogP contribution in [0.5, 0.6) is 0 Å². The summed E-state index contributed by atoms with van der Waals surface area (Å²) in [6.45, 7) is 4.22. The monoisotopic (exact) mass is 557 g/mol. The molecule has 0 saturated carbocycles. The number of carbonyl (C=O) groups is 2. The summed E-state index contributed by atoms with van der Waals surface area (Å²) in [5.74, 6) is 0.0167. The Morgan fingerprint density at radius 2 is 1.38 bits per heavy atom. The molecule has 0 spiro atoms. The molecule has 0 amide bonds. The number of hydrogen-bond acceptors (Lipinski definition) is 5. The van der Waals surface area contributed by atoms with E-state index in [1.165, 1.54) is 83.5 Å². The van der Waals surface area contributed by atoms with Crippen LogP contribution in [0, 0.1) is 5.92 Å². The van der Waals surface area contributed by atoms with Gasteiger partial charge in [0.2, 0.25) is 0 Å². The minimum atomic E-state index is -0.0965. The third-order valence-electron chi connectivity index (χ3n) is 8.50. The molecule has 40 heavy (non-hydrogen) atoms. The highest BCUT2D eigenvalue weighted by atomic mass is 16.5. The highest BCUT2D eigenvalue weighted by Gasteiger charge is 2.30. The van der Waals surface area contributed by atoms with Crippen molar-refractivity contribution < 1.29 is 19.1 Å². The summed E-state index contributed by atoms with van der Waals surface area (Å²) in [6.07, 6.45) is 23.3. The van der Waals surface area contributed by atoms with Crippen molar-refractivity contribution >= 4 is 11.9 Å². The van der Waals surface area contributed by atoms with Gasteiger partial charge in [0.1, 0.15) is 6.61 Å². The number of piperidine rings is 1. The van der Waals surface area contributed by atoms with Gasteiger partial charge in [0.15, 0.2) is 0 Å². The van der Waals surface area contributed by atoms with Crippen LogP contribution in [-0.2, 0) is 25.7 Å². The maximum absolute atomic E-state index is 12.7. The van der Waals surface area contributed by atoms with E-state index in [2.05, 4.69) is 18.9 Å². The number of rotatable bonds is 23. The topological polar surface area (TPSA) is 55.8 Å². The molecule has 228 valence electrons. The van der Waals surface area contributed by atoms with Crippen LogP contribution in [0.25, 0.3) is 0 Å². The Labute approximate surface area is 245 Å². The number of nitrogens with zero attached hydrogens (tertiary/aromatic N) is 1. The summed E-state index contributed by atoms with van der Waals surface area (Å²) in [7, 11) is 2.20. The van der Waals surface area contributed by atoms with Gasteiger partial charge in [-0.25, -0.2) is 0 Å². The number of unbranched alkanes of at least 4 members (excludes halogenated alkanes) is 14. The van der Waals surface area contributed by atoms with E-state index < -0.39 is 0 Å². The molecule has 5 heteroatoms. The summed E-state index contributed by atoms with van der Waals surface area (Å²) < 4.78 is 11.0. The third-order valence-corrected chi connectivity index (χ3v) is 8.50. The quantitative estimate of drug-likeness (QED) is 0.0992. The molecule has 1 saturated heterocycles. The second-order valence-corrected chi connectivity index (χ2v) is 12.0. The van der Waals surface area contributed by atoms with Crippen LogP contribution in [-0.4, -0.2) is 43.1 Å². The Kier molecular flexibility index (Phi) is 19.5. The van der Waals surface area contributed by atoms with Crippen molar-refractivity contribution in [1.82, 2.24) is 4.90 Å². The van der Waals surface area contributed by atoms with Crippen molar-refractivity contribution in [2.24, 2.45) is 5.92 Å². The summed E-state index contributed by atoms with van der Waals surface area (Å²) in [4.78, 5) is 27.0. The second kappa shape index (κ2) is 22.8. The maximum Gasteiger partial charge on any atom is 0.309 e. The second-order valence-electron chi connectivity index (χ2n) is 12.0. The molecule has 0 N–H and O–H groups in total. The van der Waals surface area contributed by atoms with Crippen LogP contribution in [0.3, 0.4) is 0 Å². The minimum absolute atomic E-state index is 0.0383. The van der Waals surface area contributed by atoms with Crippen molar-refractivity contribution in [3.63, 3.8) is 0 Å². The first-order valence-corrected chi connectivity index (χ1v) is 16.7. The Hall–Kier alpha value is -1.88. The van der Waals surface area contributed by atoms with Crippen molar-refractivity contribution in [3.8, 4) is 0 Å². The lowest BCUT2D eigenvalue weighted by molar-refractivity contribution is -0.151. The van der Waals surface area contributed by atoms with Crippen molar-refractivity contribution in [2.75, 3.05) is 20.2 Å². The Bertz CT molecular complexity index is 768. The highest BCUT2D eigenvalue weighted by Crippen LogP contribution is 2.27. The molecule has 2 rings (SSSR count). The molecule has 1 aromatic carbocycles. The molecule has 0 aromatic heterocycles. The van der Waals surface area contributed by atoms with E-state index in [1.807, 2.05) is 30.3 Å². The van der Waals surface area contributed by atoms with E-state index in [1.54, 1.807) is 0 Å². The lowest BCUT2D eigenvalue weighted by Crippen LogP contribution is -2.42. The van der Waals surface area contributed by atoms with Crippen molar-refractivity contribution in [2.45, 2.75) is 148 Å². The molecule has 1 aliphatic heterocycles. The average molecular weight is 558 g/mol. The number of hydrogen-bond donors (Lipinski definition) is 0. The SMILES string of the molecule is CCCCCCCCCCCCOC(=O)C1CCN(C)C(CCCCCCCCC(=O)OCc2ccccc2)C1. The molecule has 1 aliphatic rings. The first-order valence-electron chi connectivity index (χ1n) is 16.7. The van der Waals surface area contributed by atoms with E-state index in [9.17, 15) is 9.59 Å². The zero-order valence-corrected chi connectivity index (χ0v) is 25.9. The van der Waals surface area contributed by atoms with Gasteiger partial charge in [-0.2, -0.15) is 0 Å². The summed E-state index contributed by atoms with van der Waals surface area (Å²) >= 11 is 0. The predicted molar refractivity (Wildman–Crippen MR) is 165 cm³/mol. The number of carbonyl (C=O) groups excluding carboxylic acids is 2. The molecule has 0 bridgehead atoms. The number of ether oxygens (including phenoxy) is 2. The summed E-state index contributed by atoms with van der Waals surface area (Å²) in [5, 5.41) is 0. The van der Waals surface area contributed by atoms with Gasteiger partial charge in [0.25, 0.3) is 0 Å². The molecule has 1 aromatic rings. The van der Waals surface area contributed by atoms with Crippen LogP contribution in [0.4, 0.5) is 0 Å². The fourth-order valence-corrected chi connectivity index (χ4v) is 5.77. The van der Waals surface area contributed by atoms with Gasteiger partial charge in [0, 0.05) is 12.5 Å². The molecule has 0 aliphatic carbocycles.